The van der Waals surface area contributed by atoms with Crippen molar-refractivity contribution in [3.8, 4) is 11.9 Å². The molecule has 0 N–H and O–H groups in total. The number of nitriles is 1. The first-order valence-corrected chi connectivity index (χ1v) is 8.92. The molecule has 1 aromatic heterocycles. The summed E-state index contributed by atoms with van der Waals surface area (Å²) in [7, 11) is 0. The first-order chi connectivity index (χ1) is 13.7. The monoisotopic (exact) mass is 407 g/mol. The third-order valence-electron chi connectivity index (χ3n) is 4.78. The van der Waals surface area contributed by atoms with Crippen molar-refractivity contribution in [2.24, 2.45) is 0 Å². The van der Waals surface area contributed by atoms with Crippen LogP contribution in [0.15, 0.2) is 33.7 Å². The fraction of sp³-hybridized carbons (Fsp3) is 0.318. The number of likely N-dealkylation sites (N-methyl/N-ethyl adjacent to an activating group) is 1. The highest BCUT2D eigenvalue weighted by Gasteiger charge is 2.33. The molecule has 1 aliphatic rings. The second-order valence-electron chi connectivity index (χ2n) is 6.26. The topological polar surface area (TPSA) is 111 Å². The van der Waals surface area contributed by atoms with Crippen LogP contribution in [-0.4, -0.2) is 27.8 Å². The Morgan fingerprint density at radius 2 is 1.80 bits per heavy atom. The van der Waals surface area contributed by atoms with Crippen molar-refractivity contribution in [1.29, 1.82) is 5.26 Å². The van der Waals surface area contributed by atoms with Gasteiger partial charge in [0.15, 0.2) is 5.69 Å². The van der Waals surface area contributed by atoms with Crippen LogP contribution in [0.3, 0.4) is 0 Å². The summed E-state index contributed by atoms with van der Waals surface area (Å²) in [6, 6.07) is 1.83. The van der Waals surface area contributed by atoms with Crippen LogP contribution >= 0.6 is 0 Å². The number of aromatic nitrogens is 1. The molecule has 0 fully saturated rings. The molecular formula is C22H23N4O4-. The van der Waals surface area contributed by atoms with Crippen molar-refractivity contribution in [2.45, 2.75) is 41.7 Å². The van der Waals surface area contributed by atoms with Gasteiger partial charge in [-0.1, -0.05) is 19.6 Å². The number of hydrogen-bond acceptors (Lipinski definition) is 5. The molecule has 30 heavy (non-hydrogen) atoms. The van der Waals surface area contributed by atoms with Gasteiger partial charge in [0, 0.05) is 24.2 Å². The minimum absolute atomic E-state index is 0. The summed E-state index contributed by atoms with van der Waals surface area (Å²) in [5, 5.41) is 21.4. The summed E-state index contributed by atoms with van der Waals surface area (Å²) >= 11 is 0. The van der Waals surface area contributed by atoms with Gasteiger partial charge in [-0.05, 0) is 50.8 Å². The van der Waals surface area contributed by atoms with E-state index in [4.69, 9.17) is 6.57 Å². The summed E-state index contributed by atoms with van der Waals surface area (Å²) in [4.78, 5) is 41.6. The number of hydrogen-bond donors (Lipinski definition) is 0. The third kappa shape index (κ3) is 3.81. The zero-order valence-electron chi connectivity index (χ0n) is 16.6. The van der Waals surface area contributed by atoms with Crippen molar-refractivity contribution >= 4 is 23.6 Å². The van der Waals surface area contributed by atoms with Crippen LogP contribution in [0, 0.1) is 24.8 Å². The molecular weight excluding hydrogens is 384 g/mol. The molecule has 0 saturated carbocycles. The Bertz CT molecular complexity index is 1140. The number of nitrogens with zero attached hydrogens (tertiary/aromatic N) is 4. The third-order valence-corrected chi connectivity index (χ3v) is 4.78. The van der Waals surface area contributed by atoms with Gasteiger partial charge < -0.3 is 9.67 Å². The normalized spacial score (nSPS) is 15.4. The number of carbonyl (C=O) groups is 2. The number of amides is 2. The lowest BCUT2D eigenvalue weighted by molar-refractivity contribution is -0.278. The van der Waals surface area contributed by atoms with E-state index in [0.717, 1.165) is 9.47 Å². The number of rotatable bonds is 4. The molecule has 1 aromatic rings. The lowest BCUT2D eigenvalue weighted by atomic mass is 9.95. The van der Waals surface area contributed by atoms with Crippen LogP contribution < -0.4 is 10.7 Å². The van der Waals surface area contributed by atoms with Gasteiger partial charge in [-0.15, -0.1) is 0 Å². The average molecular weight is 407 g/mol. The van der Waals surface area contributed by atoms with Gasteiger partial charge in [0.25, 0.3) is 17.4 Å². The van der Waals surface area contributed by atoms with Gasteiger partial charge in [0.1, 0.15) is 11.6 Å². The van der Waals surface area contributed by atoms with Crippen LogP contribution in [0.1, 0.15) is 39.3 Å². The molecule has 156 valence electrons. The Balaban J connectivity index is 0.00000450. The smallest absolute Gasteiger partial charge is 0.271 e. The number of carbonyl (C=O) groups excluding carboxylic acids is 2. The molecule has 0 atom stereocenters. The SMILES string of the molecule is C.[C-]#[N+]c1c(C)c(/C=C/C=C2\C(=O)N(CC)C(=O)C(C#N)=C2C)c(=O)n(CC)c1[O-]. The van der Waals surface area contributed by atoms with E-state index < -0.39 is 23.3 Å². The lowest BCUT2D eigenvalue weighted by Gasteiger charge is -2.25. The summed E-state index contributed by atoms with van der Waals surface area (Å²) in [5.74, 6) is -1.79. The van der Waals surface area contributed by atoms with Gasteiger partial charge >= 0.3 is 0 Å². The van der Waals surface area contributed by atoms with Crippen LogP contribution in [0.2, 0.25) is 0 Å². The van der Waals surface area contributed by atoms with E-state index in [1.165, 1.54) is 32.1 Å². The number of imide groups is 1. The predicted molar refractivity (Wildman–Crippen MR) is 111 cm³/mol. The number of allylic oxidation sites excluding steroid dienone is 2. The second kappa shape index (κ2) is 9.53. The highest BCUT2D eigenvalue weighted by Crippen LogP contribution is 2.29. The Kier molecular flexibility index (Phi) is 7.66. The second-order valence-corrected chi connectivity index (χ2v) is 6.26. The molecule has 2 heterocycles. The van der Waals surface area contributed by atoms with Gasteiger partial charge in [-0.2, -0.15) is 5.26 Å². The largest absolute Gasteiger partial charge is 0.869 e. The maximum atomic E-state index is 12.6. The van der Waals surface area contributed by atoms with Gasteiger partial charge in [0.2, 0.25) is 0 Å². The highest BCUT2D eigenvalue weighted by atomic mass is 16.3. The van der Waals surface area contributed by atoms with Crippen LogP contribution in [0.5, 0.6) is 5.88 Å². The Hall–Kier alpha value is -3.91. The van der Waals surface area contributed by atoms with Crippen LogP contribution in [-0.2, 0) is 16.1 Å². The first-order valence-electron chi connectivity index (χ1n) is 8.92. The van der Waals surface area contributed by atoms with Crippen LogP contribution in [0.4, 0.5) is 5.69 Å². The zero-order valence-corrected chi connectivity index (χ0v) is 16.6. The lowest BCUT2D eigenvalue weighted by Crippen LogP contribution is -2.42. The van der Waals surface area contributed by atoms with E-state index in [0.29, 0.717) is 0 Å². The standard InChI is InChI=1S/C21H20N4O4.CH4/c1-6-24-18(26)14(12(3)16(11-22)20(24)28)9-8-10-15-13(4)17(23-5)21(29)25(7-2)19(15)27;/h8-10,29H,6-7H2,1-4H3;1H4/p-1/b10-8+,14-9-;. The van der Waals surface area contributed by atoms with E-state index in [1.807, 2.05) is 6.07 Å². The molecule has 0 aliphatic carbocycles. The zero-order chi connectivity index (χ0) is 21.9. The molecule has 0 spiro atoms. The van der Waals surface area contributed by atoms with E-state index >= 15 is 0 Å². The van der Waals surface area contributed by atoms with E-state index in [9.17, 15) is 24.8 Å². The number of pyridine rings is 1. The van der Waals surface area contributed by atoms with Gasteiger partial charge in [-0.3, -0.25) is 19.3 Å². The van der Waals surface area contributed by atoms with Gasteiger partial charge in [-0.25, -0.2) is 4.85 Å². The summed E-state index contributed by atoms with van der Waals surface area (Å²) in [5.41, 5.74) is 0.0970. The summed E-state index contributed by atoms with van der Waals surface area (Å²) in [6.07, 6.45) is 4.28. The molecule has 8 nitrogen and oxygen atoms in total. The fourth-order valence-corrected chi connectivity index (χ4v) is 3.11. The summed E-state index contributed by atoms with van der Waals surface area (Å²) < 4.78 is 0.982. The highest BCUT2D eigenvalue weighted by molar-refractivity contribution is 6.18. The molecule has 0 saturated heterocycles. The van der Waals surface area contributed by atoms with Crippen LogP contribution in [0.25, 0.3) is 10.9 Å². The van der Waals surface area contributed by atoms with Crippen molar-refractivity contribution < 1.29 is 14.7 Å². The van der Waals surface area contributed by atoms with Crippen molar-refractivity contribution in [1.82, 2.24) is 9.47 Å². The van der Waals surface area contributed by atoms with Crippen molar-refractivity contribution in [3.05, 3.63) is 61.8 Å². The molecule has 0 unspecified atom stereocenters. The molecule has 0 aromatic carbocycles. The molecule has 8 heteroatoms. The fourth-order valence-electron chi connectivity index (χ4n) is 3.11. The van der Waals surface area contributed by atoms with Crippen molar-refractivity contribution in [3.63, 3.8) is 0 Å². The van der Waals surface area contributed by atoms with E-state index in [-0.39, 0.29) is 54.0 Å². The van der Waals surface area contributed by atoms with Gasteiger partial charge in [0.05, 0.1) is 6.57 Å². The predicted octanol–water partition coefficient (Wildman–Crippen LogP) is 2.61. The van der Waals surface area contributed by atoms with Crippen molar-refractivity contribution in [2.75, 3.05) is 6.54 Å². The Morgan fingerprint density at radius 3 is 2.30 bits per heavy atom. The molecule has 2 amide bonds. The minimum atomic E-state index is -0.631. The van der Waals surface area contributed by atoms with E-state index in [2.05, 4.69) is 4.85 Å². The molecule has 0 radical (unpaired) electrons. The van der Waals surface area contributed by atoms with E-state index in [1.54, 1.807) is 13.8 Å². The Labute approximate surface area is 175 Å². The quantitative estimate of drug-likeness (QED) is 0.433. The first kappa shape index (κ1) is 24.1. The molecule has 1 aliphatic heterocycles. The summed E-state index contributed by atoms with van der Waals surface area (Å²) in [6.45, 7) is 13.8. The molecule has 0 bridgehead atoms. The maximum absolute atomic E-state index is 12.6. The minimum Gasteiger partial charge on any atom is -0.869 e. The Morgan fingerprint density at radius 1 is 1.17 bits per heavy atom. The average Bonchev–Trinajstić information content (AvgIpc) is 2.68. The maximum Gasteiger partial charge on any atom is 0.271 e. The molecule has 2 rings (SSSR count).